The molecular formula is C30H24ClN5OS. The number of aliphatic imine (C=N–C) groups is 1. The SMILES string of the molecule is Cc1nnc2n1-c1sc(C#CCN3C(=O)C4(C)CCCc5cccc3c54)cc1C(c1ccccc1Cl)=NC2. The average Bonchev–Trinajstić information content (AvgIpc) is 3.52. The van der Waals surface area contributed by atoms with Crippen molar-refractivity contribution in [2.24, 2.45) is 4.99 Å². The molecule has 0 saturated heterocycles. The maximum atomic E-state index is 13.5. The van der Waals surface area contributed by atoms with Crippen LogP contribution < -0.4 is 4.90 Å². The van der Waals surface area contributed by atoms with E-state index in [9.17, 15) is 4.79 Å². The lowest BCUT2D eigenvalue weighted by molar-refractivity contribution is -0.122. The summed E-state index contributed by atoms with van der Waals surface area (Å²) in [5.74, 6) is 8.39. The van der Waals surface area contributed by atoms with Crippen LogP contribution in [0.5, 0.6) is 0 Å². The van der Waals surface area contributed by atoms with Crippen molar-refractivity contribution in [2.75, 3.05) is 11.4 Å². The number of hydrogen-bond donors (Lipinski definition) is 0. The summed E-state index contributed by atoms with van der Waals surface area (Å²) in [5.41, 5.74) is 5.75. The van der Waals surface area contributed by atoms with E-state index >= 15 is 0 Å². The molecule has 7 rings (SSSR count). The van der Waals surface area contributed by atoms with E-state index in [1.807, 2.05) is 36.1 Å². The fourth-order valence-electron chi connectivity index (χ4n) is 6.07. The minimum absolute atomic E-state index is 0.161. The van der Waals surface area contributed by atoms with Crippen molar-refractivity contribution in [3.8, 4) is 16.8 Å². The molecule has 38 heavy (non-hydrogen) atoms. The summed E-state index contributed by atoms with van der Waals surface area (Å²) in [6.45, 7) is 4.81. The van der Waals surface area contributed by atoms with Crippen molar-refractivity contribution in [1.82, 2.24) is 14.8 Å². The van der Waals surface area contributed by atoms with E-state index < -0.39 is 5.41 Å². The summed E-state index contributed by atoms with van der Waals surface area (Å²) >= 11 is 8.17. The van der Waals surface area contributed by atoms with Gasteiger partial charge in [0.05, 0.1) is 22.5 Å². The van der Waals surface area contributed by atoms with Gasteiger partial charge in [0.1, 0.15) is 17.4 Å². The van der Waals surface area contributed by atoms with Crippen LogP contribution in [0.4, 0.5) is 5.69 Å². The largest absolute Gasteiger partial charge is 0.300 e. The third-order valence-electron chi connectivity index (χ3n) is 7.83. The van der Waals surface area contributed by atoms with Gasteiger partial charge in [0.2, 0.25) is 5.91 Å². The highest BCUT2D eigenvalue weighted by molar-refractivity contribution is 7.15. The smallest absolute Gasteiger partial charge is 0.238 e. The van der Waals surface area contributed by atoms with Gasteiger partial charge in [-0.2, -0.15) is 0 Å². The van der Waals surface area contributed by atoms with E-state index in [2.05, 4.69) is 57.8 Å². The summed E-state index contributed by atoms with van der Waals surface area (Å²) < 4.78 is 2.06. The summed E-state index contributed by atoms with van der Waals surface area (Å²) in [5, 5.41) is 10.3. The van der Waals surface area contributed by atoms with Crippen molar-refractivity contribution >= 4 is 40.2 Å². The number of aromatic nitrogens is 3. The van der Waals surface area contributed by atoms with Gasteiger partial charge in [0, 0.05) is 21.8 Å². The van der Waals surface area contributed by atoms with Crippen molar-refractivity contribution < 1.29 is 4.79 Å². The second-order valence-corrected chi connectivity index (χ2v) is 11.6. The molecule has 1 atom stereocenters. The molecule has 1 aliphatic carbocycles. The zero-order valence-corrected chi connectivity index (χ0v) is 22.7. The quantitative estimate of drug-likeness (QED) is 0.311. The topological polar surface area (TPSA) is 63.4 Å². The number of fused-ring (bicyclic) bond motifs is 3. The van der Waals surface area contributed by atoms with Gasteiger partial charge in [-0.05, 0) is 62.4 Å². The molecule has 1 unspecified atom stereocenters. The highest BCUT2D eigenvalue weighted by atomic mass is 35.5. The van der Waals surface area contributed by atoms with Crippen LogP contribution in [-0.4, -0.2) is 32.9 Å². The molecule has 4 aromatic rings. The molecule has 188 valence electrons. The van der Waals surface area contributed by atoms with Gasteiger partial charge in [0.25, 0.3) is 0 Å². The fourth-order valence-corrected chi connectivity index (χ4v) is 7.40. The van der Waals surface area contributed by atoms with Crippen LogP contribution in [0, 0.1) is 18.8 Å². The molecule has 8 heteroatoms. The minimum atomic E-state index is -0.436. The number of rotatable bonds is 2. The van der Waals surface area contributed by atoms with E-state index in [0.717, 1.165) is 63.3 Å². The standard InChI is InChI=1S/C30H24ClN5OS/c1-18-33-34-25-17-32-27(21-11-3-4-12-23(21)31)22-16-20(38-28(22)36(18)25)10-7-15-35-24-13-5-8-19-9-6-14-30(2,26(19)24)29(35)37/h3-5,8,11-13,16H,6,9,14-15,17H2,1-2H3. The number of anilines is 1. The normalized spacial score (nSPS) is 19.2. The number of thiophene rings is 1. The molecule has 3 aliphatic rings. The van der Waals surface area contributed by atoms with Crippen LogP contribution in [0.3, 0.4) is 0 Å². The van der Waals surface area contributed by atoms with Gasteiger partial charge in [-0.1, -0.05) is 53.8 Å². The summed E-state index contributed by atoms with van der Waals surface area (Å²) in [4.78, 5) is 21.2. The number of nitrogens with zero attached hydrogens (tertiary/aromatic N) is 5. The third-order valence-corrected chi connectivity index (χ3v) is 9.20. The van der Waals surface area contributed by atoms with E-state index in [4.69, 9.17) is 16.6 Å². The molecule has 1 amide bonds. The Balaban J connectivity index is 1.27. The second kappa shape index (κ2) is 8.65. The van der Waals surface area contributed by atoms with E-state index in [1.165, 1.54) is 11.1 Å². The molecule has 0 saturated carbocycles. The van der Waals surface area contributed by atoms with E-state index in [-0.39, 0.29) is 5.91 Å². The van der Waals surface area contributed by atoms with Gasteiger partial charge >= 0.3 is 0 Å². The Labute approximate surface area is 230 Å². The first-order chi connectivity index (χ1) is 18.5. The third kappa shape index (κ3) is 3.40. The first-order valence-electron chi connectivity index (χ1n) is 12.7. The monoisotopic (exact) mass is 537 g/mol. The number of hydrogen-bond acceptors (Lipinski definition) is 5. The molecular weight excluding hydrogens is 514 g/mol. The Morgan fingerprint density at radius 2 is 2.00 bits per heavy atom. The molecule has 0 fully saturated rings. The van der Waals surface area contributed by atoms with E-state index in [1.54, 1.807) is 11.3 Å². The van der Waals surface area contributed by atoms with Crippen LogP contribution in [0.2, 0.25) is 5.02 Å². The Bertz CT molecular complexity index is 1740. The number of carbonyl (C=O) groups excluding carboxylic acids is 1. The average molecular weight is 538 g/mol. The van der Waals surface area contributed by atoms with Crippen LogP contribution in [0.15, 0.2) is 53.5 Å². The molecule has 2 aromatic heterocycles. The Kier molecular flexibility index (Phi) is 5.33. The lowest BCUT2D eigenvalue weighted by Crippen LogP contribution is -2.39. The van der Waals surface area contributed by atoms with Gasteiger partial charge in [-0.25, -0.2) is 0 Å². The maximum absolute atomic E-state index is 13.5. The Morgan fingerprint density at radius 3 is 2.87 bits per heavy atom. The predicted octanol–water partition coefficient (Wildman–Crippen LogP) is 5.63. The maximum Gasteiger partial charge on any atom is 0.238 e. The molecule has 2 aliphatic heterocycles. The number of aryl methyl sites for hydroxylation is 2. The van der Waals surface area contributed by atoms with Crippen molar-refractivity contribution in [3.05, 3.63) is 92.3 Å². The first kappa shape index (κ1) is 23.4. The van der Waals surface area contributed by atoms with Gasteiger partial charge in [-0.15, -0.1) is 21.5 Å². The van der Waals surface area contributed by atoms with Gasteiger partial charge < -0.3 is 0 Å². The molecule has 0 radical (unpaired) electrons. The molecule has 0 N–H and O–H groups in total. The fraction of sp³-hybridized carbons (Fsp3) is 0.267. The lowest BCUT2D eigenvalue weighted by Gasteiger charge is -2.29. The Morgan fingerprint density at radius 1 is 1.13 bits per heavy atom. The van der Waals surface area contributed by atoms with Crippen molar-refractivity contribution in [1.29, 1.82) is 0 Å². The predicted molar refractivity (Wildman–Crippen MR) is 151 cm³/mol. The Hall–Kier alpha value is -3.73. The molecule has 4 heterocycles. The number of carbonyl (C=O) groups is 1. The van der Waals surface area contributed by atoms with Crippen LogP contribution in [-0.2, 0) is 23.2 Å². The van der Waals surface area contributed by atoms with Gasteiger partial charge in [0.15, 0.2) is 5.82 Å². The highest BCUT2D eigenvalue weighted by Gasteiger charge is 2.49. The highest BCUT2D eigenvalue weighted by Crippen LogP contribution is 2.49. The lowest BCUT2D eigenvalue weighted by atomic mass is 9.72. The van der Waals surface area contributed by atoms with Crippen LogP contribution in [0.25, 0.3) is 5.00 Å². The number of benzene rings is 2. The van der Waals surface area contributed by atoms with Crippen LogP contribution >= 0.6 is 22.9 Å². The molecule has 0 bridgehead atoms. The van der Waals surface area contributed by atoms with E-state index in [0.29, 0.717) is 18.1 Å². The van der Waals surface area contributed by atoms with Gasteiger partial charge in [-0.3, -0.25) is 19.3 Å². The van der Waals surface area contributed by atoms with Crippen molar-refractivity contribution in [2.45, 2.75) is 45.1 Å². The number of amides is 1. The molecule has 6 nitrogen and oxygen atoms in total. The minimum Gasteiger partial charge on any atom is -0.300 e. The number of halogens is 1. The molecule has 2 aromatic carbocycles. The summed E-state index contributed by atoms with van der Waals surface area (Å²) in [6, 6.07) is 16.1. The first-order valence-corrected chi connectivity index (χ1v) is 13.9. The summed E-state index contributed by atoms with van der Waals surface area (Å²) in [7, 11) is 0. The second-order valence-electron chi connectivity index (χ2n) is 10.2. The summed E-state index contributed by atoms with van der Waals surface area (Å²) in [6.07, 6.45) is 2.97. The zero-order chi connectivity index (χ0) is 26.0. The molecule has 0 spiro atoms. The zero-order valence-electron chi connectivity index (χ0n) is 21.1. The van der Waals surface area contributed by atoms with Crippen molar-refractivity contribution in [3.63, 3.8) is 0 Å². The van der Waals surface area contributed by atoms with Crippen LogP contribution in [0.1, 0.15) is 58.5 Å².